The van der Waals surface area contributed by atoms with Crippen LogP contribution in [0.1, 0.15) is 19.4 Å². The van der Waals surface area contributed by atoms with Crippen LogP contribution in [0.15, 0.2) is 18.2 Å². The maximum absolute atomic E-state index is 11.4. The zero-order valence-corrected chi connectivity index (χ0v) is 9.82. The van der Waals surface area contributed by atoms with Crippen molar-refractivity contribution in [3.63, 3.8) is 0 Å². The van der Waals surface area contributed by atoms with Gasteiger partial charge in [0, 0.05) is 0 Å². The first-order chi connectivity index (χ1) is 7.56. The maximum atomic E-state index is 11.4. The number of nitrogens with two attached hydrogens (primary N) is 1. The Bertz CT molecular complexity index is 356. The Morgan fingerprint density at radius 1 is 1.50 bits per heavy atom. The molecule has 0 heterocycles. The Morgan fingerprint density at radius 3 is 2.75 bits per heavy atom. The summed E-state index contributed by atoms with van der Waals surface area (Å²) in [5.74, 6) is 0.160. The van der Waals surface area contributed by atoms with Crippen LogP contribution < -0.4 is 10.5 Å². The molecular formula is C12H17NO3. The van der Waals surface area contributed by atoms with Crippen molar-refractivity contribution in [2.75, 3.05) is 12.3 Å². The highest BCUT2D eigenvalue weighted by molar-refractivity contribution is 5.75. The quantitative estimate of drug-likeness (QED) is 0.625. The number of nitrogen functional groups attached to an aromatic ring is 1. The Kier molecular flexibility index (Phi) is 4.17. The number of para-hydroxylation sites is 1. The summed E-state index contributed by atoms with van der Waals surface area (Å²) in [5, 5.41) is 0. The van der Waals surface area contributed by atoms with E-state index in [1.165, 1.54) is 0 Å². The molecule has 88 valence electrons. The fourth-order valence-electron chi connectivity index (χ4n) is 1.32. The lowest BCUT2D eigenvalue weighted by Gasteiger charge is -2.16. The number of hydrogen-bond donors (Lipinski definition) is 1. The molecule has 0 aliphatic carbocycles. The molecule has 4 nitrogen and oxygen atoms in total. The molecule has 0 bridgehead atoms. The van der Waals surface area contributed by atoms with Gasteiger partial charge in [-0.3, -0.25) is 0 Å². The van der Waals surface area contributed by atoms with Gasteiger partial charge in [-0.25, -0.2) is 4.79 Å². The third-order valence-electron chi connectivity index (χ3n) is 2.16. The van der Waals surface area contributed by atoms with Gasteiger partial charge in [0.1, 0.15) is 5.75 Å². The highest BCUT2D eigenvalue weighted by Crippen LogP contribution is 2.26. The van der Waals surface area contributed by atoms with Crippen LogP contribution in [0.2, 0.25) is 0 Å². The van der Waals surface area contributed by atoms with Gasteiger partial charge in [0.2, 0.25) is 0 Å². The number of esters is 1. The lowest BCUT2D eigenvalue weighted by molar-refractivity contribution is -0.150. The molecule has 1 aromatic rings. The Labute approximate surface area is 95.3 Å². The Balaban J connectivity index is 2.76. The van der Waals surface area contributed by atoms with Crippen LogP contribution in [0.5, 0.6) is 5.75 Å². The van der Waals surface area contributed by atoms with E-state index in [1.54, 1.807) is 19.9 Å². The lowest BCUT2D eigenvalue weighted by atomic mass is 10.2. The number of carbonyl (C=O) groups is 1. The molecular weight excluding hydrogens is 206 g/mol. The molecule has 1 rings (SSSR count). The normalized spacial score (nSPS) is 11.9. The molecule has 16 heavy (non-hydrogen) atoms. The van der Waals surface area contributed by atoms with Crippen molar-refractivity contribution in [3.05, 3.63) is 23.8 Å². The molecule has 1 unspecified atom stereocenters. The van der Waals surface area contributed by atoms with E-state index in [1.807, 2.05) is 19.1 Å². The number of anilines is 1. The molecule has 0 aromatic heterocycles. The van der Waals surface area contributed by atoms with Crippen molar-refractivity contribution in [1.29, 1.82) is 0 Å². The highest BCUT2D eigenvalue weighted by atomic mass is 16.6. The summed E-state index contributed by atoms with van der Waals surface area (Å²) >= 11 is 0. The summed E-state index contributed by atoms with van der Waals surface area (Å²) < 4.78 is 10.3. The molecule has 0 saturated carbocycles. The molecule has 0 aliphatic rings. The number of benzene rings is 1. The second-order valence-corrected chi connectivity index (χ2v) is 3.51. The van der Waals surface area contributed by atoms with Gasteiger partial charge in [-0.2, -0.15) is 0 Å². The summed E-state index contributed by atoms with van der Waals surface area (Å²) in [6, 6.07) is 5.45. The molecule has 0 amide bonds. The van der Waals surface area contributed by atoms with E-state index in [9.17, 15) is 4.79 Å². The predicted octanol–water partition coefficient (Wildman–Crippen LogP) is 1.91. The van der Waals surface area contributed by atoms with Crippen LogP contribution in [-0.2, 0) is 9.53 Å². The third-order valence-corrected chi connectivity index (χ3v) is 2.16. The fourth-order valence-corrected chi connectivity index (χ4v) is 1.32. The number of aryl methyl sites for hydroxylation is 1. The molecule has 1 aromatic carbocycles. The second-order valence-electron chi connectivity index (χ2n) is 3.51. The van der Waals surface area contributed by atoms with Gasteiger partial charge in [-0.1, -0.05) is 12.1 Å². The smallest absolute Gasteiger partial charge is 0.347 e. The van der Waals surface area contributed by atoms with E-state index in [4.69, 9.17) is 15.2 Å². The van der Waals surface area contributed by atoms with E-state index < -0.39 is 6.10 Å². The SMILES string of the molecule is CCOC(=O)C(C)Oc1c(C)cccc1N. The summed E-state index contributed by atoms with van der Waals surface area (Å²) in [7, 11) is 0. The van der Waals surface area contributed by atoms with E-state index in [2.05, 4.69) is 0 Å². The van der Waals surface area contributed by atoms with Crippen molar-refractivity contribution in [2.24, 2.45) is 0 Å². The van der Waals surface area contributed by atoms with Crippen molar-refractivity contribution in [2.45, 2.75) is 26.9 Å². The van der Waals surface area contributed by atoms with E-state index in [-0.39, 0.29) is 5.97 Å². The Morgan fingerprint density at radius 2 is 2.19 bits per heavy atom. The van der Waals surface area contributed by atoms with Gasteiger partial charge < -0.3 is 15.2 Å². The molecule has 1 atom stereocenters. The van der Waals surface area contributed by atoms with Crippen LogP contribution in [0, 0.1) is 6.92 Å². The summed E-state index contributed by atoms with van der Waals surface area (Å²) in [4.78, 5) is 11.4. The number of ether oxygens (including phenoxy) is 2. The van der Waals surface area contributed by atoms with Gasteiger partial charge in [0.25, 0.3) is 0 Å². The fraction of sp³-hybridized carbons (Fsp3) is 0.417. The van der Waals surface area contributed by atoms with Crippen LogP contribution in [-0.4, -0.2) is 18.7 Å². The van der Waals surface area contributed by atoms with Crippen molar-refractivity contribution < 1.29 is 14.3 Å². The third kappa shape index (κ3) is 2.89. The van der Waals surface area contributed by atoms with Gasteiger partial charge in [-0.05, 0) is 32.4 Å². The summed E-state index contributed by atoms with van der Waals surface area (Å²) in [6.45, 7) is 5.62. The topological polar surface area (TPSA) is 61.5 Å². The zero-order chi connectivity index (χ0) is 12.1. The van der Waals surface area contributed by atoms with Crippen LogP contribution in [0.3, 0.4) is 0 Å². The minimum absolute atomic E-state index is 0.343. The minimum atomic E-state index is -0.650. The molecule has 0 saturated heterocycles. The van der Waals surface area contributed by atoms with Crippen molar-refractivity contribution in [3.8, 4) is 5.75 Å². The molecule has 0 spiro atoms. The Hall–Kier alpha value is -1.71. The number of hydrogen-bond acceptors (Lipinski definition) is 4. The van der Waals surface area contributed by atoms with Gasteiger partial charge in [0.15, 0.2) is 6.10 Å². The van der Waals surface area contributed by atoms with Crippen LogP contribution >= 0.6 is 0 Å². The summed E-state index contributed by atoms with van der Waals surface area (Å²) in [5.41, 5.74) is 7.19. The van der Waals surface area contributed by atoms with Gasteiger partial charge >= 0.3 is 5.97 Å². The predicted molar refractivity (Wildman–Crippen MR) is 62.3 cm³/mol. The number of carbonyl (C=O) groups excluding carboxylic acids is 1. The standard InChI is InChI=1S/C12H17NO3/c1-4-15-12(14)9(3)16-11-8(2)6-5-7-10(11)13/h5-7,9H,4,13H2,1-3H3. The molecule has 0 fully saturated rings. The van der Waals surface area contributed by atoms with Crippen molar-refractivity contribution in [1.82, 2.24) is 0 Å². The first kappa shape index (κ1) is 12.4. The largest absolute Gasteiger partial charge is 0.477 e. The summed E-state index contributed by atoms with van der Waals surface area (Å²) in [6.07, 6.45) is -0.650. The average molecular weight is 223 g/mol. The maximum Gasteiger partial charge on any atom is 0.347 e. The van der Waals surface area contributed by atoms with Gasteiger partial charge in [0.05, 0.1) is 12.3 Å². The lowest BCUT2D eigenvalue weighted by Crippen LogP contribution is -2.26. The van der Waals surface area contributed by atoms with Crippen LogP contribution in [0.4, 0.5) is 5.69 Å². The average Bonchev–Trinajstić information content (AvgIpc) is 2.23. The van der Waals surface area contributed by atoms with Crippen LogP contribution in [0.25, 0.3) is 0 Å². The monoisotopic (exact) mass is 223 g/mol. The molecule has 0 radical (unpaired) electrons. The zero-order valence-electron chi connectivity index (χ0n) is 9.82. The highest BCUT2D eigenvalue weighted by Gasteiger charge is 2.17. The van der Waals surface area contributed by atoms with E-state index in [0.29, 0.717) is 18.0 Å². The molecule has 4 heteroatoms. The minimum Gasteiger partial charge on any atom is -0.477 e. The van der Waals surface area contributed by atoms with Gasteiger partial charge in [-0.15, -0.1) is 0 Å². The molecule has 0 aliphatic heterocycles. The molecule has 2 N–H and O–H groups in total. The van der Waals surface area contributed by atoms with Crippen molar-refractivity contribution >= 4 is 11.7 Å². The van der Waals surface area contributed by atoms with E-state index in [0.717, 1.165) is 5.56 Å². The number of rotatable bonds is 4. The second kappa shape index (κ2) is 5.39. The van der Waals surface area contributed by atoms with E-state index >= 15 is 0 Å². The first-order valence-electron chi connectivity index (χ1n) is 5.24. The first-order valence-corrected chi connectivity index (χ1v) is 5.24.